The van der Waals surface area contributed by atoms with Crippen molar-refractivity contribution in [3.05, 3.63) is 22.4 Å². The Labute approximate surface area is 91.0 Å². The largest absolute Gasteiger partial charge is 0.358 e. The van der Waals surface area contributed by atoms with E-state index in [0.29, 0.717) is 12.3 Å². The third-order valence-electron chi connectivity index (χ3n) is 1.71. The number of aryl methyl sites for hydroxylation is 1. The molecule has 0 amide bonds. The highest BCUT2D eigenvalue weighted by Gasteiger charge is 2.12. The van der Waals surface area contributed by atoms with Crippen LogP contribution in [0.25, 0.3) is 0 Å². The third kappa shape index (κ3) is 3.59. The van der Waals surface area contributed by atoms with Crippen LogP contribution in [0.15, 0.2) is 12.3 Å². The van der Waals surface area contributed by atoms with Crippen LogP contribution in [0.1, 0.15) is 6.42 Å². The Morgan fingerprint density at radius 3 is 3.20 bits per heavy atom. The van der Waals surface area contributed by atoms with Gasteiger partial charge in [0.2, 0.25) is 0 Å². The molecule has 0 radical (unpaired) electrons. The minimum Gasteiger partial charge on any atom is -0.358 e. The maximum Gasteiger partial charge on any atom is 0.344 e. The van der Waals surface area contributed by atoms with Crippen molar-refractivity contribution in [1.82, 2.24) is 9.78 Å². The van der Waals surface area contributed by atoms with Crippen molar-refractivity contribution in [3.8, 4) is 6.07 Å². The van der Waals surface area contributed by atoms with Crippen LogP contribution in [-0.4, -0.2) is 26.2 Å². The highest BCUT2D eigenvalue weighted by molar-refractivity contribution is 7.99. The summed E-state index contributed by atoms with van der Waals surface area (Å²) in [5.41, 5.74) is 0. The Morgan fingerprint density at radius 2 is 2.53 bits per heavy atom. The van der Waals surface area contributed by atoms with Crippen molar-refractivity contribution < 1.29 is 4.92 Å². The molecule has 0 fully saturated rings. The Bertz CT molecular complexity index is 371. The third-order valence-corrected chi connectivity index (χ3v) is 2.62. The summed E-state index contributed by atoms with van der Waals surface area (Å²) in [6.07, 6.45) is 2.19. The average molecular weight is 226 g/mol. The van der Waals surface area contributed by atoms with Crippen LogP contribution in [-0.2, 0) is 6.54 Å². The van der Waals surface area contributed by atoms with Gasteiger partial charge in [-0.1, -0.05) is 5.10 Å². The molecule has 15 heavy (non-hydrogen) atoms. The van der Waals surface area contributed by atoms with Gasteiger partial charge < -0.3 is 10.1 Å². The lowest BCUT2D eigenvalue weighted by Crippen LogP contribution is -2.05. The number of aromatic nitrogens is 2. The minimum atomic E-state index is -0.449. The second-order valence-electron chi connectivity index (χ2n) is 2.73. The summed E-state index contributed by atoms with van der Waals surface area (Å²) in [7, 11) is 0. The van der Waals surface area contributed by atoms with E-state index < -0.39 is 4.92 Å². The SMILES string of the molecule is N#CCSCCCn1nccc1[N+](=O)[O-]. The number of nitrogens with zero attached hydrogens (tertiary/aromatic N) is 4. The topological polar surface area (TPSA) is 84.8 Å². The zero-order chi connectivity index (χ0) is 11.1. The van der Waals surface area contributed by atoms with E-state index in [0.717, 1.165) is 12.2 Å². The van der Waals surface area contributed by atoms with Crippen LogP contribution in [0.4, 0.5) is 5.82 Å². The number of hydrogen-bond acceptors (Lipinski definition) is 5. The summed E-state index contributed by atoms with van der Waals surface area (Å²) < 4.78 is 1.37. The molecule has 1 rings (SSSR count). The van der Waals surface area contributed by atoms with Gasteiger partial charge in [0.1, 0.15) is 6.54 Å². The van der Waals surface area contributed by atoms with Crippen molar-refractivity contribution in [2.75, 3.05) is 11.5 Å². The Morgan fingerprint density at radius 1 is 1.73 bits per heavy atom. The molecule has 0 saturated heterocycles. The van der Waals surface area contributed by atoms with Gasteiger partial charge in [0.25, 0.3) is 0 Å². The number of thioether (sulfide) groups is 1. The lowest BCUT2D eigenvalue weighted by molar-refractivity contribution is -0.392. The molecular formula is C8H10N4O2S. The lowest BCUT2D eigenvalue weighted by atomic mass is 10.5. The number of rotatable bonds is 6. The molecule has 0 bridgehead atoms. The zero-order valence-corrected chi connectivity index (χ0v) is 8.81. The van der Waals surface area contributed by atoms with Crippen molar-refractivity contribution in [1.29, 1.82) is 5.26 Å². The molecule has 7 heteroatoms. The van der Waals surface area contributed by atoms with Crippen molar-refractivity contribution in [3.63, 3.8) is 0 Å². The summed E-state index contributed by atoms with van der Waals surface area (Å²) in [5, 5.41) is 22.7. The van der Waals surface area contributed by atoms with Gasteiger partial charge in [-0.3, -0.25) is 0 Å². The standard InChI is InChI=1S/C8H10N4O2S/c9-3-7-15-6-1-5-11-8(12(13)14)2-4-10-11/h2,4H,1,5-7H2. The van der Waals surface area contributed by atoms with E-state index in [-0.39, 0.29) is 5.82 Å². The molecule has 0 aliphatic heterocycles. The van der Waals surface area contributed by atoms with E-state index in [9.17, 15) is 10.1 Å². The van der Waals surface area contributed by atoms with E-state index in [1.807, 2.05) is 6.07 Å². The molecule has 1 heterocycles. The van der Waals surface area contributed by atoms with Crippen molar-refractivity contribution in [2.24, 2.45) is 0 Å². The number of hydrogen-bond donors (Lipinski definition) is 0. The number of nitriles is 1. The normalized spacial score (nSPS) is 9.80. The quantitative estimate of drug-likeness (QED) is 0.416. The number of nitro groups is 1. The van der Waals surface area contributed by atoms with Gasteiger partial charge in [-0.25, -0.2) is 0 Å². The molecule has 6 nitrogen and oxygen atoms in total. The summed E-state index contributed by atoms with van der Waals surface area (Å²) in [4.78, 5) is 10.1. The molecule has 1 aromatic heterocycles. The van der Waals surface area contributed by atoms with Gasteiger partial charge in [0.15, 0.2) is 0 Å². The fraction of sp³-hybridized carbons (Fsp3) is 0.500. The van der Waals surface area contributed by atoms with Crippen molar-refractivity contribution in [2.45, 2.75) is 13.0 Å². The Hall–Kier alpha value is -1.55. The predicted octanol–water partition coefficient (Wildman–Crippen LogP) is 1.44. The Kier molecular flexibility index (Phi) is 4.63. The summed E-state index contributed by atoms with van der Waals surface area (Å²) in [6.45, 7) is 0.516. The molecule has 0 aliphatic rings. The van der Waals surface area contributed by atoms with Crippen LogP contribution in [0.5, 0.6) is 0 Å². The van der Waals surface area contributed by atoms with Crippen LogP contribution in [0.2, 0.25) is 0 Å². The van der Waals surface area contributed by atoms with Crippen molar-refractivity contribution >= 4 is 17.6 Å². The highest BCUT2D eigenvalue weighted by atomic mass is 32.2. The summed E-state index contributed by atoms with van der Waals surface area (Å²) in [5.74, 6) is 1.28. The van der Waals surface area contributed by atoms with E-state index >= 15 is 0 Å². The minimum absolute atomic E-state index is 0.0142. The van der Waals surface area contributed by atoms with E-state index in [1.54, 1.807) is 0 Å². The van der Waals surface area contributed by atoms with E-state index in [2.05, 4.69) is 5.10 Å². The van der Waals surface area contributed by atoms with Crippen LogP contribution in [0, 0.1) is 21.4 Å². The predicted molar refractivity (Wildman–Crippen MR) is 56.4 cm³/mol. The second kappa shape index (κ2) is 6.03. The first kappa shape index (κ1) is 11.5. The molecular weight excluding hydrogens is 216 g/mol. The van der Waals surface area contributed by atoms with Gasteiger partial charge in [-0.15, -0.1) is 16.4 Å². The smallest absolute Gasteiger partial charge is 0.344 e. The van der Waals surface area contributed by atoms with E-state index in [1.165, 1.54) is 28.7 Å². The first-order valence-corrected chi connectivity index (χ1v) is 5.52. The first-order chi connectivity index (χ1) is 7.25. The fourth-order valence-corrected chi connectivity index (χ4v) is 1.66. The molecule has 0 saturated carbocycles. The summed E-state index contributed by atoms with van der Waals surface area (Å²) in [6, 6.07) is 3.40. The molecule has 1 aromatic rings. The molecule has 0 N–H and O–H groups in total. The molecule has 80 valence electrons. The highest BCUT2D eigenvalue weighted by Crippen LogP contribution is 2.11. The lowest BCUT2D eigenvalue weighted by Gasteiger charge is -1.98. The maximum atomic E-state index is 10.5. The van der Waals surface area contributed by atoms with Gasteiger partial charge in [-0.2, -0.15) is 5.26 Å². The first-order valence-electron chi connectivity index (χ1n) is 4.36. The molecule has 0 unspecified atom stereocenters. The molecule has 0 aliphatic carbocycles. The van der Waals surface area contributed by atoms with Gasteiger partial charge in [0.05, 0.1) is 24.1 Å². The second-order valence-corrected chi connectivity index (χ2v) is 3.84. The zero-order valence-electron chi connectivity index (χ0n) is 8.00. The summed E-state index contributed by atoms with van der Waals surface area (Å²) >= 11 is 1.52. The van der Waals surface area contributed by atoms with Crippen LogP contribution < -0.4 is 0 Å². The van der Waals surface area contributed by atoms with Gasteiger partial charge in [0, 0.05) is 0 Å². The molecule has 0 atom stereocenters. The maximum absolute atomic E-state index is 10.5. The van der Waals surface area contributed by atoms with Gasteiger partial charge >= 0.3 is 5.82 Å². The van der Waals surface area contributed by atoms with Gasteiger partial charge in [-0.05, 0) is 17.1 Å². The molecule has 0 spiro atoms. The van der Waals surface area contributed by atoms with E-state index in [4.69, 9.17) is 5.26 Å². The monoisotopic (exact) mass is 226 g/mol. The average Bonchev–Trinajstić information content (AvgIpc) is 2.66. The molecule has 0 aromatic carbocycles. The fourth-order valence-electron chi connectivity index (χ4n) is 1.09. The Balaban J connectivity index is 2.35. The van der Waals surface area contributed by atoms with Crippen LogP contribution in [0.3, 0.4) is 0 Å². The van der Waals surface area contributed by atoms with Crippen LogP contribution >= 0.6 is 11.8 Å².